The van der Waals surface area contributed by atoms with Gasteiger partial charge in [0.1, 0.15) is 11.5 Å². The standard InChI is InChI=1S/C42H31N3O/c1-42(2)35-17-9-10-19-37(35)46-38-34(16-11-18-36(38)42)30-24-20-28(21-25-30)29-22-26-33(27-23-29)41-44-39(31-12-5-3-6-13-31)43-40(45-41)32-14-7-4-8-15-32/h3-27H,1-2H3. The molecular weight excluding hydrogens is 562 g/mol. The average molecular weight is 594 g/mol. The van der Waals surface area contributed by atoms with Crippen LogP contribution in [0, 0.1) is 0 Å². The van der Waals surface area contributed by atoms with Gasteiger partial charge in [0.05, 0.1) is 0 Å². The third-order valence-electron chi connectivity index (χ3n) is 8.83. The van der Waals surface area contributed by atoms with Crippen molar-refractivity contribution in [3.63, 3.8) is 0 Å². The topological polar surface area (TPSA) is 47.9 Å². The number of nitrogens with zero attached hydrogens (tertiary/aromatic N) is 3. The fourth-order valence-electron chi connectivity index (χ4n) is 6.29. The summed E-state index contributed by atoms with van der Waals surface area (Å²) in [6, 6.07) is 52.0. The van der Waals surface area contributed by atoms with Crippen LogP contribution in [0.1, 0.15) is 25.0 Å². The van der Waals surface area contributed by atoms with E-state index >= 15 is 0 Å². The number of ether oxygens (including phenoxy) is 1. The third kappa shape index (κ3) is 4.94. The van der Waals surface area contributed by atoms with Crippen molar-refractivity contribution in [1.82, 2.24) is 15.0 Å². The fourth-order valence-corrected chi connectivity index (χ4v) is 6.29. The van der Waals surface area contributed by atoms with Crippen molar-refractivity contribution < 1.29 is 4.74 Å². The molecule has 220 valence electrons. The maximum Gasteiger partial charge on any atom is 0.164 e. The van der Waals surface area contributed by atoms with Gasteiger partial charge in [-0.1, -0.05) is 159 Å². The highest BCUT2D eigenvalue weighted by atomic mass is 16.5. The van der Waals surface area contributed by atoms with Crippen LogP contribution in [-0.4, -0.2) is 15.0 Å². The third-order valence-corrected chi connectivity index (χ3v) is 8.83. The van der Waals surface area contributed by atoms with E-state index in [0.29, 0.717) is 17.5 Å². The molecule has 46 heavy (non-hydrogen) atoms. The summed E-state index contributed by atoms with van der Waals surface area (Å²) in [7, 11) is 0. The molecule has 6 aromatic carbocycles. The second-order valence-corrected chi connectivity index (χ2v) is 12.1. The first-order chi connectivity index (χ1) is 22.5. The van der Waals surface area contributed by atoms with E-state index in [1.165, 1.54) is 11.1 Å². The molecule has 7 aromatic rings. The summed E-state index contributed by atoms with van der Waals surface area (Å²) in [6.45, 7) is 4.54. The Morgan fingerprint density at radius 2 is 0.826 bits per heavy atom. The fraction of sp³-hybridized carbons (Fsp3) is 0.0714. The van der Waals surface area contributed by atoms with Crippen LogP contribution >= 0.6 is 0 Å². The van der Waals surface area contributed by atoms with Gasteiger partial charge in [-0.25, -0.2) is 15.0 Å². The molecule has 0 atom stereocenters. The lowest BCUT2D eigenvalue weighted by molar-refractivity contribution is 0.419. The van der Waals surface area contributed by atoms with Gasteiger partial charge < -0.3 is 4.74 Å². The predicted molar refractivity (Wildman–Crippen MR) is 186 cm³/mol. The van der Waals surface area contributed by atoms with Gasteiger partial charge in [0.25, 0.3) is 0 Å². The molecule has 2 heterocycles. The lowest BCUT2D eigenvalue weighted by Crippen LogP contribution is -2.24. The van der Waals surface area contributed by atoms with Crippen molar-refractivity contribution in [2.45, 2.75) is 19.3 Å². The Morgan fingerprint density at radius 1 is 0.391 bits per heavy atom. The second-order valence-electron chi connectivity index (χ2n) is 12.1. The zero-order valence-corrected chi connectivity index (χ0v) is 25.7. The Labute approximate surface area is 269 Å². The zero-order valence-electron chi connectivity index (χ0n) is 25.7. The van der Waals surface area contributed by atoms with Crippen molar-refractivity contribution in [1.29, 1.82) is 0 Å². The van der Waals surface area contributed by atoms with E-state index in [4.69, 9.17) is 19.7 Å². The Kier molecular flexibility index (Phi) is 6.76. The SMILES string of the molecule is CC1(C)c2ccccc2Oc2c(-c3ccc(-c4ccc(-c5nc(-c6ccccc6)nc(-c6ccccc6)n5)cc4)cc3)cccc21. The van der Waals surface area contributed by atoms with Crippen molar-refractivity contribution in [2.75, 3.05) is 0 Å². The molecule has 4 heteroatoms. The van der Waals surface area contributed by atoms with Crippen LogP contribution in [0.3, 0.4) is 0 Å². The molecule has 1 aliphatic heterocycles. The molecule has 0 N–H and O–H groups in total. The maximum atomic E-state index is 6.53. The van der Waals surface area contributed by atoms with Crippen molar-refractivity contribution in [3.05, 3.63) is 163 Å². The molecule has 0 bridgehead atoms. The Balaban J connectivity index is 1.11. The minimum Gasteiger partial charge on any atom is -0.456 e. The van der Waals surface area contributed by atoms with Crippen molar-refractivity contribution in [3.8, 4) is 67.9 Å². The average Bonchev–Trinajstić information content (AvgIpc) is 3.12. The second kappa shape index (κ2) is 11.2. The van der Waals surface area contributed by atoms with E-state index in [1.54, 1.807) is 0 Å². The summed E-state index contributed by atoms with van der Waals surface area (Å²) < 4.78 is 6.53. The first-order valence-corrected chi connectivity index (χ1v) is 15.5. The largest absolute Gasteiger partial charge is 0.456 e. The molecule has 0 saturated heterocycles. The van der Waals surface area contributed by atoms with Gasteiger partial charge >= 0.3 is 0 Å². The molecule has 0 aliphatic carbocycles. The van der Waals surface area contributed by atoms with E-state index in [1.807, 2.05) is 66.7 Å². The molecule has 1 aromatic heterocycles. The normalized spacial score (nSPS) is 12.9. The van der Waals surface area contributed by atoms with Crippen molar-refractivity contribution >= 4 is 0 Å². The number of para-hydroxylation sites is 2. The molecule has 0 fully saturated rings. The predicted octanol–water partition coefficient (Wildman–Crippen LogP) is 10.6. The first kappa shape index (κ1) is 27.7. The van der Waals surface area contributed by atoms with Crippen LogP contribution in [0.25, 0.3) is 56.4 Å². The van der Waals surface area contributed by atoms with Crippen LogP contribution in [0.2, 0.25) is 0 Å². The monoisotopic (exact) mass is 593 g/mol. The maximum absolute atomic E-state index is 6.53. The van der Waals surface area contributed by atoms with Gasteiger partial charge in [-0.2, -0.15) is 0 Å². The first-order valence-electron chi connectivity index (χ1n) is 15.5. The van der Waals surface area contributed by atoms with Gasteiger partial charge in [0, 0.05) is 38.8 Å². The minimum absolute atomic E-state index is 0.149. The number of fused-ring (bicyclic) bond motifs is 2. The van der Waals surface area contributed by atoms with Gasteiger partial charge in [-0.3, -0.25) is 0 Å². The summed E-state index contributed by atoms with van der Waals surface area (Å²) in [5.74, 6) is 3.82. The molecule has 0 spiro atoms. The van der Waals surface area contributed by atoms with E-state index in [2.05, 4.69) is 98.8 Å². The van der Waals surface area contributed by atoms with Crippen molar-refractivity contribution in [2.24, 2.45) is 0 Å². The summed E-state index contributed by atoms with van der Waals surface area (Å²) in [5.41, 5.74) is 9.60. The highest BCUT2D eigenvalue weighted by molar-refractivity contribution is 5.78. The quantitative estimate of drug-likeness (QED) is 0.199. The van der Waals surface area contributed by atoms with Crippen LogP contribution < -0.4 is 4.74 Å². The summed E-state index contributed by atoms with van der Waals surface area (Å²) in [6.07, 6.45) is 0. The zero-order chi connectivity index (χ0) is 31.1. The molecule has 0 radical (unpaired) electrons. The van der Waals surface area contributed by atoms with Crippen LogP contribution in [0.5, 0.6) is 11.5 Å². The molecule has 8 rings (SSSR count). The van der Waals surface area contributed by atoms with Gasteiger partial charge in [0.2, 0.25) is 0 Å². The Morgan fingerprint density at radius 3 is 1.39 bits per heavy atom. The highest BCUT2D eigenvalue weighted by Gasteiger charge is 2.35. The number of aromatic nitrogens is 3. The summed E-state index contributed by atoms with van der Waals surface area (Å²) >= 11 is 0. The van der Waals surface area contributed by atoms with Gasteiger partial charge in [0.15, 0.2) is 17.5 Å². The molecule has 0 unspecified atom stereocenters. The molecular formula is C42H31N3O. The van der Waals surface area contributed by atoms with Gasteiger partial charge in [-0.15, -0.1) is 0 Å². The Bertz CT molecular complexity index is 2120. The van der Waals surface area contributed by atoms with E-state index in [0.717, 1.165) is 50.4 Å². The summed E-state index contributed by atoms with van der Waals surface area (Å²) in [5, 5.41) is 0. The van der Waals surface area contributed by atoms with Crippen LogP contribution in [-0.2, 0) is 5.41 Å². The number of hydrogen-bond acceptors (Lipinski definition) is 4. The smallest absolute Gasteiger partial charge is 0.164 e. The number of hydrogen-bond donors (Lipinski definition) is 0. The van der Waals surface area contributed by atoms with E-state index < -0.39 is 0 Å². The lowest BCUT2D eigenvalue weighted by atomic mass is 9.75. The molecule has 4 nitrogen and oxygen atoms in total. The highest BCUT2D eigenvalue weighted by Crippen LogP contribution is 2.51. The molecule has 0 saturated carbocycles. The summed E-state index contributed by atoms with van der Waals surface area (Å²) in [4.78, 5) is 14.6. The minimum atomic E-state index is -0.149. The lowest BCUT2D eigenvalue weighted by Gasteiger charge is -2.35. The number of rotatable bonds is 5. The molecule has 1 aliphatic rings. The molecule has 0 amide bonds. The van der Waals surface area contributed by atoms with Crippen LogP contribution in [0.15, 0.2) is 152 Å². The van der Waals surface area contributed by atoms with E-state index in [-0.39, 0.29) is 5.41 Å². The van der Waals surface area contributed by atoms with Gasteiger partial charge in [-0.05, 0) is 22.8 Å². The number of benzene rings is 6. The van der Waals surface area contributed by atoms with E-state index in [9.17, 15) is 0 Å². The Hall–Kier alpha value is -5.87. The van der Waals surface area contributed by atoms with Crippen LogP contribution in [0.4, 0.5) is 0 Å².